The number of halogens is 2. The van der Waals surface area contributed by atoms with Gasteiger partial charge in [0.1, 0.15) is 11.5 Å². The second-order valence-corrected chi connectivity index (χ2v) is 9.24. The van der Waals surface area contributed by atoms with E-state index in [-0.39, 0.29) is 28.4 Å². The maximum Gasteiger partial charge on any atom is 0.356 e. The molecule has 2 N–H and O–H groups in total. The normalized spacial score (nSPS) is 23.9. The predicted molar refractivity (Wildman–Crippen MR) is 122 cm³/mol. The van der Waals surface area contributed by atoms with Crippen LogP contribution in [0.2, 0.25) is 10.0 Å². The zero-order valence-electron chi connectivity index (χ0n) is 18.2. The number of amides is 1. The molecule has 0 bridgehead atoms. The Morgan fingerprint density at radius 3 is 2.45 bits per heavy atom. The highest BCUT2D eigenvalue weighted by Gasteiger charge is 2.57. The van der Waals surface area contributed by atoms with Crippen molar-refractivity contribution in [1.29, 1.82) is 0 Å². The molecule has 33 heavy (non-hydrogen) atoms. The summed E-state index contributed by atoms with van der Waals surface area (Å²) in [6.07, 6.45) is 0. The molecule has 4 heterocycles. The number of hydrogen-bond donors (Lipinski definition) is 2. The predicted octanol–water partition coefficient (Wildman–Crippen LogP) is 1.91. The SMILES string of the molecule is COC(=O)c1cc(N2C[C@@H]3[C@H](C2)[C@@H]3NC(=O)c2[nH]c(C)c(Cl)c2Cl)nc(N2CCOCC2)n1. The van der Waals surface area contributed by atoms with Crippen LogP contribution in [0.5, 0.6) is 0 Å². The van der Waals surface area contributed by atoms with Gasteiger partial charge in [-0.2, -0.15) is 4.98 Å². The van der Waals surface area contributed by atoms with Crippen LogP contribution in [0.3, 0.4) is 0 Å². The molecule has 1 amide bonds. The van der Waals surface area contributed by atoms with Gasteiger partial charge in [-0.1, -0.05) is 23.2 Å². The van der Waals surface area contributed by atoms with E-state index in [1.165, 1.54) is 7.11 Å². The van der Waals surface area contributed by atoms with Crippen molar-refractivity contribution >= 4 is 46.8 Å². The third-order valence-electron chi connectivity index (χ3n) is 6.49. The fourth-order valence-electron chi connectivity index (χ4n) is 4.58. The molecule has 176 valence electrons. The maximum atomic E-state index is 12.6. The number of aryl methyl sites for hydroxylation is 1. The van der Waals surface area contributed by atoms with Crippen LogP contribution in [-0.2, 0) is 9.47 Å². The van der Waals surface area contributed by atoms with E-state index in [0.29, 0.717) is 73.7 Å². The van der Waals surface area contributed by atoms with Gasteiger partial charge in [-0.25, -0.2) is 9.78 Å². The second kappa shape index (κ2) is 8.66. The van der Waals surface area contributed by atoms with Crippen molar-refractivity contribution in [3.8, 4) is 0 Å². The second-order valence-electron chi connectivity index (χ2n) is 8.49. The number of piperidine rings is 1. The van der Waals surface area contributed by atoms with Crippen LogP contribution in [0.25, 0.3) is 0 Å². The number of nitrogens with zero attached hydrogens (tertiary/aromatic N) is 4. The van der Waals surface area contributed by atoms with Crippen LogP contribution in [0.4, 0.5) is 11.8 Å². The van der Waals surface area contributed by atoms with E-state index in [1.54, 1.807) is 13.0 Å². The molecule has 2 aromatic rings. The Kier molecular flexibility index (Phi) is 5.84. The summed E-state index contributed by atoms with van der Waals surface area (Å²) in [4.78, 5) is 41.1. The summed E-state index contributed by atoms with van der Waals surface area (Å²) in [7, 11) is 1.34. The Hall–Kier alpha value is -2.56. The summed E-state index contributed by atoms with van der Waals surface area (Å²) in [5, 5.41) is 3.67. The van der Waals surface area contributed by atoms with Gasteiger partial charge >= 0.3 is 5.97 Å². The maximum absolute atomic E-state index is 12.6. The molecular weight excluding hydrogens is 471 g/mol. The summed E-state index contributed by atoms with van der Waals surface area (Å²) in [6, 6.07) is 1.73. The molecule has 3 aliphatic rings. The number of rotatable bonds is 5. The van der Waals surface area contributed by atoms with Gasteiger partial charge in [0.15, 0.2) is 5.69 Å². The minimum absolute atomic E-state index is 0.0628. The van der Waals surface area contributed by atoms with Crippen molar-refractivity contribution in [2.75, 3.05) is 56.3 Å². The molecule has 3 fully saturated rings. The Morgan fingerprint density at radius 2 is 1.85 bits per heavy atom. The lowest BCUT2D eigenvalue weighted by atomic mass is 10.3. The number of methoxy groups -OCH3 is 1. The topological polar surface area (TPSA) is 113 Å². The Morgan fingerprint density at radius 1 is 1.15 bits per heavy atom. The highest BCUT2D eigenvalue weighted by atomic mass is 35.5. The number of ether oxygens (including phenoxy) is 2. The van der Waals surface area contributed by atoms with E-state index in [9.17, 15) is 9.59 Å². The summed E-state index contributed by atoms with van der Waals surface area (Å²) >= 11 is 12.3. The van der Waals surface area contributed by atoms with Crippen molar-refractivity contribution in [2.24, 2.45) is 11.8 Å². The third kappa shape index (κ3) is 4.11. The van der Waals surface area contributed by atoms with Crippen LogP contribution in [-0.4, -0.2) is 79.4 Å². The molecule has 2 aliphatic heterocycles. The summed E-state index contributed by atoms with van der Waals surface area (Å²) in [5.74, 6) is 1.00. The van der Waals surface area contributed by atoms with Crippen LogP contribution >= 0.6 is 23.2 Å². The van der Waals surface area contributed by atoms with E-state index in [1.807, 2.05) is 4.90 Å². The molecule has 0 aromatic carbocycles. The lowest BCUT2D eigenvalue weighted by Crippen LogP contribution is -2.38. The molecule has 2 saturated heterocycles. The summed E-state index contributed by atoms with van der Waals surface area (Å²) in [6.45, 7) is 5.70. The van der Waals surface area contributed by atoms with Crippen molar-refractivity contribution in [3.63, 3.8) is 0 Å². The molecule has 3 atom stereocenters. The van der Waals surface area contributed by atoms with Gasteiger partial charge in [0.25, 0.3) is 5.91 Å². The molecule has 1 saturated carbocycles. The lowest BCUT2D eigenvalue weighted by molar-refractivity contribution is 0.0593. The van der Waals surface area contributed by atoms with Crippen molar-refractivity contribution in [1.82, 2.24) is 20.3 Å². The first-order chi connectivity index (χ1) is 15.9. The average Bonchev–Trinajstić information content (AvgIpc) is 3.15. The Balaban J connectivity index is 1.28. The van der Waals surface area contributed by atoms with Gasteiger partial charge in [0.05, 0.1) is 30.4 Å². The minimum Gasteiger partial charge on any atom is -0.464 e. The lowest BCUT2D eigenvalue weighted by Gasteiger charge is -2.28. The monoisotopic (exact) mass is 494 g/mol. The summed E-state index contributed by atoms with van der Waals surface area (Å²) in [5.41, 5.74) is 1.17. The molecule has 5 rings (SSSR count). The van der Waals surface area contributed by atoms with E-state index in [0.717, 1.165) is 0 Å². The number of carbonyl (C=O) groups is 2. The zero-order chi connectivity index (χ0) is 23.3. The minimum atomic E-state index is -0.501. The number of H-pyrrole nitrogens is 1. The number of carbonyl (C=O) groups excluding carboxylic acids is 2. The number of aromatic amines is 1. The number of hydrogen-bond acceptors (Lipinski definition) is 8. The van der Waals surface area contributed by atoms with E-state index in [4.69, 9.17) is 37.7 Å². The van der Waals surface area contributed by atoms with E-state index >= 15 is 0 Å². The first kappa shape index (κ1) is 22.2. The van der Waals surface area contributed by atoms with Crippen LogP contribution in [0.1, 0.15) is 26.7 Å². The molecule has 0 spiro atoms. The number of morpholine rings is 1. The third-order valence-corrected chi connectivity index (χ3v) is 7.43. The van der Waals surface area contributed by atoms with Gasteiger partial charge in [0.2, 0.25) is 5.95 Å². The van der Waals surface area contributed by atoms with E-state index in [2.05, 4.69) is 20.2 Å². The van der Waals surface area contributed by atoms with Gasteiger partial charge < -0.3 is 29.6 Å². The number of nitrogens with one attached hydrogen (secondary N) is 2. The number of anilines is 2. The van der Waals surface area contributed by atoms with Crippen molar-refractivity contribution < 1.29 is 19.1 Å². The Bertz CT molecular complexity index is 1090. The fourth-order valence-corrected chi connectivity index (χ4v) is 4.99. The van der Waals surface area contributed by atoms with Crippen LogP contribution < -0.4 is 15.1 Å². The van der Waals surface area contributed by atoms with Crippen molar-refractivity contribution in [3.05, 3.63) is 33.2 Å². The molecular formula is C21H24Cl2N6O4. The summed E-state index contributed by atoms with van der Waals surface area (Å²) < 4.78 is 10.3. The highest BCUT2D eigenvalue weighted by molar-refractivity contribution is 6.44. The smallest absolute Gasteiger partial charge is 0.356 e. The highest BCUT2D eigenvalue weighted by Crippen LogP contribution is 2.47. The van der Waals surface area contributed by atoms with Gasteiger partial charge in [-0.3, -0.25) is 4.79 Å². The Labute approximate surface area is 200 Å². The van der Waals surface area contributed by atoms with Crippen LogP contribution in [0.15, 0.2) is 6.07 Å². The molecule has 2 aromatic heterocycles. The van der Waals surface area contributed by atoms with Gasteiger partial charge in [0, 0.05) is 55.8 Å². The largest absolute Gasteiger partial charge is 0.464 e. The molecule has 1 aliphatic carbocycles. The van der Waals surface area contributed by atoms with Gasteiger partial charge in [-0.15, -0.1) is 0 Å². The molecule has 12 heteroatoms. The van der Waals surface area contributed by atoms with Crippen molar-refractivity contribution in [2.45, 2.75) is 13.0 Å². The van der Waals surface area contributed by atoms with Crippen LogP contribution in [0, 0.1) is 18.8 Å². The number of aromatic nitrogens is 3. The average molecular weight is 495 g/mol. The molecule has 10 nitrogen and oxygen atoms in total. The fraction of sp³-hybridized carbons (Fsp3) is 0.524. The number of fused-ring (bicyclic) bond motifs is 1. The van der Waals surface area contributed by atoms with Gasteiger partial charge in [-0.05, 0) is 6.92 Å². The zero-order valence-corrected chi connectivity index (χ0v) is 19.7. The standard InChI is InChI=1S/C21H24Cl2N6O4/c1-10-15(22)16(23)18(24-10)19(30)27-17-11-8-29(9-12(11)17)14-7-13(20(31)32-2)25-21(26-14)28-3-5-33-6-4-28/h7,11-12,17,24H,3-6,8-9H2,1-2H3,(H,27,30)/t11-,12+,17-. The number of esters is 1. The first-order valence-electron chi connectivity index (χ1n) is 10.8. The molecule has 0 unspecified atom stereocenters. The quantitative estimate of drug-likeness (QED) is 0.606. The first-order valence-corrected chi connectivity index (χ1v) is 11.5. The molecule has 0 radical (unpaired) electrons. The van der Waals surface area contributed by atoms with E-state index < -0.39 is 5.97 Å².